The number of alkyl halides is 2. The van der Waals surface area contributed by atoms with Crippen molar-refractivity contribution in [2.45, 2.75) is 12.0 Å². The molecule has 0 bridgehead atoms. The highest BCUT2D eigenvalue weighted by molar-refractivity contribution is 5.80. The molecule has 0 aromatic rings. The lowest BCUT2D eigenvalue weighted by molar-refractivity contribution is -0.152. The summed E-state index contributed by atoms with van der Waals surface area (Å²) in [7, 11) is 0. The summed E-state index contributed by atoms with van der Waals surface area (Å²) in [6, 6.07) is 0. The van der Waals surface area contributed by atoms with E-state index in [2.05, 4.69) is 10.6 Å². The Morgan fingerprint density at radius 2 is 2.17 bits per heavy atom. The van der Waals surface area contributed by atoms with Gasteiger partial charge >= 0.3 is 5.97 Å². The van der Waals surface area contributed by atoms with Gasteiger partial charge in [-0.25, -0.2) is 13.6 Å². The molecular weight excluding hydrogens is 170 g/mol. The van der Waals surface area contributed by atoms with E-state index < -0.39 is 17.9 Å². The highest BCUT2D eigenvalue weighted by Crippen LogP contribution is 2.16. The Bertz CT molecular complexity index is 180. The second-order valence-electron chi connectivity index (χ2n) is 2.68. The zero-order chi connectivity index (χ0) is 9.19. The van der Waals surface area contributed by atoms with E-state index in [-0.39, 0.29) is 13.1 Å². The molecule has 0 radical (unpaired) electrons. The molecule has 4 nitrogen and oxygen atoms in total. The fourth-order valence-electron chi connectivity index (χ4n) is 1.12. The molecule has 12 heavy (non-hydrogen) atoms. The van der Waals surface area contributed by atoms with Crippen LogP contribution >= 0.6 is 0 Å². The summed E-state index contributed by atoms with van der Waals surface area (Å²) < 4.78 is 24.7. The minimum absolute atomic E-state index is 0.236. The number of nitrogens with one attached hydrogen (secondary N) is 2. The molecule has 1 rings (SSSR count). The van der Waals surface area contributed by atoms with Gasteiger partial charge in [-0.1, -0.05) is 0 Å². The van der Waals surface area contributed by atoms with Crippen LogP contribution in [0, 0.1) is 0 Å². The van der Waals surface area contributed by atoms with Crippen molar-refractivity contribution >= 4 is 5.97 Å². The van der Waals surface area contributed by atoms with Crippen LogP contribution in [0.5, 0.6) is 0 Å². The van der Waals surface area contributed by atoms with E-state index in [1.807, 2.05) is 0 Å². The van der Waals surface area contributed by atoms with Crippen LogP contribution in [-0.4, -0.2) is 42.7 Å². The van der Waals surface area contributed by atoms with Gasteiger partial charge in [-0.2, -0.15) is 0 Å². The van der Waals surface area contributed by atoms with Crippen LogP contribution in [-0.2, 0) is 4.79 Å². The highest BCUT2D eigenvalue weighted by atomic mass is 19.3. The predicted octanol–water partition coefficient (Wildman–Crippen LogP) is -0.732. The lowest BCUT2D eigenvalue weighted by atomic mass is 9.98. The van der Waals surface area contributed by atoms with E-state index >= 15 is 0 Å². The number of carbonyl (C=O) groups is 1. The lowest BCUT2D eigenvalue weighted by Gasteiger charge is -2.33. The van der Waals surface area contributed by atoms with Crippen molar-refractivity contribution in [3.05, 3.63) is 0 Å². The van der Waals surface area contributed by atoms with Crippen molar-refractivity contribution in [3.8, 4) is 0 Å². The first-order chi connectivity index (χ1) is 5.59. The van der Waals surface area contributed by atoms with Gasteiger partial charge in [0, 0.05) is 19.6 Å². The Labute approximate surface area is 67.9 Å². The number of aliphatic carboxylic acids is 1. The quantitative estimate of drug-likeness (QED) is 0.524. The summed E-state index contributed by atoms with van der Waals surface area (Å²) in [5, 5.41) is 13.5. The number of rotatable bonds is 2. The van der Waals surface area contributed by atoms with Gasteiger partial charge < -0.3 is 10.4 Å². The SMILES string of the molecule is O=C(O)C1(C(F)F)CNCCN1. The molecule has 1 fully saturated rings. The predicted molar refractivity (Wildman–Crippen MR) is 37.2 cm³/mol. The first kappa shape index (κ1) is 9.34. The molecule has 1 unspecified atom stereocenters. The van der Waals surface area contributed by atoms with Gasteiger partial charge in [0.15, 0.2) is 5.54 Å². The fourth-order valence-corrected chi connectivity index (χ4v) is 1.12. The van der Waals surface area contributed by atoms with Gasteiger partial charge in [0.05, 0.1) is 0 Å². The van der Waals surface area contributed by atoms with Gasteiger partial charge in [-0.3, -0.25) is 5.32 Å². The first-order valence-corrected chi connectivity index (χ1v) is 3.57. The first-order valence-electron chi connectivity index (χ1n) is 3.57. The molecule has 0 spiro atoms. The Kier molecular flexibility index (Phi) is 2.58. The smallest absolute Gasteiger partial charge is 0.331 e. The summed E-state index contributed by atoms with van der Waals surface area (Å²) in [6.45, 7) is 0.526. The zero-order valence-corrected chi connectivity index (χ0v) is 6.31. The molecule has 0 aliphatic carbocycles. The second kappa shape index (κ2) is 3.32. The third-order valence-electron chi connectivity index (χ3n) is 1.90. The summed E-state index contributed by atoms with van der Waals surface area (Å²) in [5.41, 5.74) is -2.10. The molecule has 1 aliphatic heterocycles. The van der Waals surface area contributed by atoms with Crippen LogP contribution in [0.15, 0.2) is 0 Å². The molecule has 0 amide bonds. The van der Waals surface area contributed by atoms with E-state index in [1.54, 1.807) is 0 Å². The maximum absolute atomic E-state index is 12.3. The summed E-state index contributed by atoms with van der Waals surface area (Å²) in [6.07, 6.45) is -2.90. The molecule has 1 saturated heterocycles. The minimum Gasteiger partial charge on any atom is -0.480 e. The normalized spacial score (nSPS) is 30.6. The van der Waals surface area contributed by atoms with E-state index in [0.717, 1.165) is 0 Å². The Morgan fingerprint density at radius 3 is 2.42 bits per heavy atom. The van der Waals surface area contributed by atoms with E-state index in [0.29, 0.717) is 6.54 Å². The van der Waals surface area contributed by atoms with Crippen LogP contribution in [0.25, 0.3) is 0 Å². The third-order valence-corrected chi connectivity index (χ3v) is 1.90. The number of hydrogen-bond acceptors (Lipinski definition) is 3. The molecule has 0 saturated carbocycles. The lowest BCUT2D eigenvalue weighted by Crippen LogP contribution is -2.67. The van der Waals surface area contributed by atoms with E-state index in [9.17, 15) is 13.6 Å². The van der Waals surface area contributed by atoms with Crippen molar-refractivity contribution in [3.63, 3.8) is 0 Å². The number of hydrogen-bond donors (Lipinski definition) is 3. The number of halogens is 2. The topological polar surface area (TPSA) is 61.4 Å². The average Bonchev–Trinajstić information content (AvgIpc) is 2.05. The summed E-state index contributed by atoms with van der Waals surface area (Å²) in [4.78, 5) is 10.5. The van der Waals surface area contributed by atoms with Crippen LogP contribution < -0.4 is 10.6 Å². The maximum atomic E-state index is 12.3. The third kappa shape index (κ3) is 1.39. The molecule has 0 aromatic heterocycles. The summed E-state index contributed by atoms with van der Waals surface area (Å²) >= 11 is 0. The van der Waals surface area contributed by atoms with Crippen LogP contribution in [0.3, 0.4) is 0 Å². The maximum Gasteiger partial charge on any atom is 0.331 e. The average molecular weight is 180 g/mol. The molecule has 3 N–H and O–H groups in total. The highest BCUT2D eigenvalue weighted by Gasteiger charge is 2.48. The van der Waals surface area contributed by atoms with Crippen molar-refractivity contribution in [1.29, 1.82) is 0 Å². The molecule has 1 heterocycles. The Balaban J connectivity index is 2.77. The molecule has 6 heteroatoms. The minimum atomic E-state index is -2.90. The summed E-state index contributed by atoms with van der Waals surface area (Å²) in [5.74, 6) is -1.51. The molecule has 0 aromatic carbocycles. The van der Waals surface area contributed by atoms with Gasteiger partial charge in [-0.15, -0.1) is 0 Å². The van der Waals surface area contributed by atoms with Gasteiger partial charge in [0.25, 0.3) is 6.43 Å². The molecule has 1 atom stereocenters. The second-order valence-corrected chi connectivity index (χ2v) is 2.68. The number of carboxylic acids is 1. The zero-order valence-electron chi connectivity index (χ0n) is 6.31. The van der Waals surface area contributed by atoms with Gasteiger partial charge in [0.2, 0.25) is 0 Å². The van der Waals surface area contributed by atoms with Gasteiger partial charge in [-0.05, 0) is 0 Å². The van der Waals surface area contributed by atoms with E-state index in [4.69, 9.17) is 5.11 Å². The van der Waals surface area contributed by atoms with Gasteiger partial charge in [0.1, 0.15) is 0 Å². The molecular formula is C6H10F2N2O2. The largest absolute Gasteiger partial charge is 0.480 e. The standard InChI is InChI=1S/C6H10F2N2O2/c7-4(8)6(5(11)12)3-9-1-2-10-6/h4,9-10H,1-3H2,(H,11,12). The van der Waals surface area contributed by atoms with Crippen LogP contribution in [0.4, 0.5) is 8.78 Å². The van der Waals surface area contributed by atoms with E-state index in [1.165, 1.54) is 0 Å². The van der Waals surface area contributed by atoms with Crippen molar-refractivity contribution in [1.82, 2.24) is 10.6 Å². The van der Waals surface area contributed by atoms with Crippen LogP contribution in [0.2, 0.25) is 0 Å². The van der Waals surface area contributed by atoms with Crippen LogP contribution in [0.1, 0.15) is 0 Å². The monoisotopic (exact) mass is 180 g/mol. The van der Waals surface area contributed by atoms with Crippen molar-refractivity contribution in [2.24, 2.45) is 0 Å². The fraction of sp³-hybridized carbons (Fsp3) is 0.833. The Morgan fingerprint density at radius 1 is 1.50 bits per heavy atom. The van der Waals surface area contributed by atoms with Crippen molar-refractivity contribution < 1.29 is 18.7 Å². The molecule has 70 valence electrons. The number of piperazine rings is 1. The molecule has 1 aliphatic rings. The van der Waals surface area contributed by atoms with Crippen molar-refractivity contribution in [2.75, 3.05) is 19.6 Å². The Hall–Kier alpha value is -0.750. The number of carboxylic acid groups (broad SMARTS) is 1.